The summed E-state index contributed by atoms with van der Waals surface area (Å²) in [6.45, 7) is 27.7. The van der Waals surface area contributed by atoms with Crippen LogP contribution in [0.3, 0.4) is 0 Å². The fraction of sp³-hybridized carbons (Fsp3) is 0.308. The van der Waals surface area contributed by atoms with E-state index in [-0.39, 0.29) is 21.7 Å². The second-order valence-corrected chi connectivity index (χ2v) is 20.2. The zero-order valence-corrected chi connectivity index (χ0v) is 34.8. The van der Waals surface area contributed by atoms with Gasteiger partial charge < -0.3 is 14.1 Å². The lowest BCUT2D eigenvalue weighted by molar-refractivity contribution is 0.590. The van der Waals surface area contributed by atoms with Gasteiger partial charge in [0.25, 0.3) is 0 Å². The lowest BCUT2D eigenvalue weighted by Gasteiger charge is -2.19. The van der Waals surface area contributed by atoms with Gasteiger partial charge in [-0.25, -0.2) is 0 Å². The monoisotopic (exact) mass is 721 g/mol. The summed E-state index contributed by atoms with van der Waals surface area (Å²) in [7, 11) is 0. The molecule has 3 heterocycles. The van der Waals surface area contributed by atoms with E-state index in [1.54, 1.807) is 0 Å². The van der Waals surface area contributed by atoms with Crippen molar-refractivity contribution in [2.24, 2.45) is 0 Å². The molecule has 3 heteroatoms. The van der Waals surface area contributed by atoms with Crippen molar-refractivity contribution in [3.05, 3.63) is 131 Å². The molecule has 0 aliphatic rings. The molecule has 0 fully saturated rings. The third kappa shape index (κ3) is 5.69. The van der Waals surface area contributed by atoms with Crippen molar-refractivity contribution in [2.75, 3.05) is 0 Å². The number of fused-ring (bicyclic) bond motifs is 9. The van der Waals surface area contributed by atoms with Gasteiger partial charge in [-0.15, -0.1) is 0 Å². The van der Waals surface area contributed by atoms with Crippen molar-refractivity contribution in [3.8, 4) is 11.4 Å². The Balaban J connectivity index is 1.27. The molecule has 0 aliphatic carbocycles. The van der Waals surface area contributed by atoms with Crippen LogP contribution in [0.1, 0.15) is 105 Å². The molecule has 0 atom stereocenters. The van der Waals surface area contributed by atoms with Gasteiger partial charge in [0.05, 0.1) is 22.1 Å². The van der Waals surface area contributed by atoms with Crippen molar-refractivity contribution >= 4 is 65.4 Å². The Morgan fingerprint density at radius 3 is 0.836 bits per heavy atom. The molecule has 0 spiro atoms. The molecule has 0 saturated heterocycles. The molecular weight excluding hydrogens is 667 g/mol. The molecule has 9 rings (SSSR count). The van der Waals surface area contributed by atoms with Gasteiger partial charge >= 0.3 is 0 Å². The zero-order chi connectivity index (χ0) is 39.0. The van der Waals surface area contributed by atoms with Crippen LogP contribution in [0.15, 0.2) is 109 Å². The second kappa shape index (κ2) is 11.6. The van der Waals surface area contributed by atoms with E-state index in [1.807, 2.05) is 0 Å². The van der Waals surface area contributed by atoms with E-state index in [0.29, 0.717) is 0 Å². The highest BCUT2D eigenvalue weighted by atomic mass is 15.0. The maximum absolute atomic E-state index is 3.75. The van der Waals surface area contributed by atoms with Crippen molar-refractivity contribution in [3.63, 3.8) is 0 Å². The first kappa shape index (κ1) is 35.4. The van der Waals surface area contributed by atoms with E-state index < -0.39 is 0 Å². The normalized spacial score (nSPS) is 13.5. The summed E-state index contributed by atoms with van der Waals surface area (Å²) in [5, 5.41) is 7.70. The average Bonchev–Trinajstić information content (AvgIpc) is 3.75. The molecular formula is C52H55N3. The van der Waals surface area contributed by atoms with Gasteiger partial charge in [-0.05, 0) is 129 Å². The first-order valence-corrected chi connectivity index (χ1v) is 20.0. The van der Waals surface area contributed by atoms with Gasteiger partial charge in [0.15, 0.2) is 0 Å². The molecule has 55 heavy (non-hydrogen) atoms. The fourth-order valence-electron chi connectivity index (χ4n) is 8.62. The second-order valence-electron chi connectivity index (χ2n) is 20.2. The van der Waals surface area contributed by atoms with E-state index >= 15 is 0 Å². The van der Waals surface area contributed by atoms with Crippen molar-refractivity contribution in [1.82, 2.24) is 14.1 Å². The highest BCUT2D eigenvalue weighted by Crippen LogP contribution is 2.41. The molecule has 0 bridgehead atoms. The summed E-state index contributed by atoms with van der Waals surface area (Å²) < 4.78 is 4.94. The Hall–Kier alpha value is -5.28. The number of nitrogens with one attached hydrogen (secondary N) is 1. The number of aromatic nitrogens is 3. The molecule has 0 unspecified atom stereocenters. The Morgan fingerprint density at radius 1 is 0.309 bits per heavy atom. The minimum atomic E-state index is 0.0606. The van der Waals surface area contributed by atoms with E-state index in [0.717, 1.165) is 11.0 Å². The highest BCUT2D eigenvalue weighted by molar-refractivity contribution is 6.13. The summed E-state index contributed by atoms with van der Waals surface area (Å²) in [6.07, 6.45) is 0. The third-order valence-corrected chi connectivity index (χ3v) is 12.1. The van der Waals surface area contributed by atoms with Gasteiger partial charge in [-0.2, -0.15) is 0 Å². The summed E-state index contributed by atoms with van der Waals surface area (Å²) in [4.78, 5) is 3.75. The number of hydrogen-bond acceptors (Lipinski definition) is 0. The molecule has 0 saturated carbocycles. The third-order valence-electron chi connectivity index (χ3n) is 12.1. The molecule has 278 valence electrons. The Bertz CT molecular complexity index is 2650. The molecule has 0 amide bonds. The van der Waals surface area contributed by atoms with Crippen LogP contribution in [0, 0.1) is 0 Å². The van der Waals surface area contributed by atoms with Crippen LogP contribution in [0.2, 0.25) is 0 Å². The fourth-order valence-corrected chi connectivity index (χ4v) is 8.62. The highest BCUT2D eigenvalue weighted by Gasteiger charge is 2.23. The Kier molecular flexibility index (Phi) is 7.48. The predicted octanol–water partition coefficient (Wildman–Crippen LogP) is 14.7. The van der Waals surface area contributed by atoms with E-state index in [1.165, 1.54) is 88.0 Å². The number of hydrogen-bond donors (Lipinski definition) is 1. The Morgan fingerprint density at radius 2 is 0.582 bits per heavy atom. The minimum absolute atomic E-state index is 0.0606. The molecule has 3 nitrogen and oxygen atoms in total. The zero-order valence-electron chi connectivity index (χ0n) is 34.8. The van der Waals surface area contributed by atoms with Crippen molar-refractivity contribution < 1.29 is 0 Å². The van der Waals surface area contributed by atoms with Crippen LogP contribution < -0.4 is 0 Å². The smallest absolute Gasteiger partial charge is 0.0541 e. The van der Waals surface area contributed by atoms with Gasteiger partial charge in [-0.1, -0.05) is 107 Å². The SMILES string of the molecule is CC(C)(C)c1ccc2c(c1)c1cc(C(C)(C)C)ccc1n2-c1ccc2[nH]c3ccc(-n4c5ccc(C(C)(C)C)cc5c5cc(C(C)(C)C)ccc54)cc3c2c1. The van der Waals surface area contributed by atoms with E-state index in [2.05, 4.69) is 206 Å². The minimum Gasteiger partial charge on any atom is -0.355 e. The molecule has 9 aromatic rings. The average molecular weight is 722 g/mol. The first-order chi connectivity index (χ1) is 25.8. The van der Waals surface area contributed by atoms with E-state index in [4.69, 9.17) is 0 Å². The van der Waals surface area contributed by atoms with Crippen LogP contribution >= 0.6 is 0 Å². The van der Waals surface area contributed by atoms with Crippen LogP contribution in [-0.4, -0.2) is 14.1 Å². The number of nitrogens with zero attached hydrogens (tertiary/aromatic N) is 2. The lowest BCUT2D eigenvalue weighted by Crippen LogP contribution is -2.10. The summed E-state index contributed by atoms with van der Waals surface area (Å²) >= 11 is 0. The number of benzene rings is 6. The summed E-state index contributed by atoms with van der Waals surface area (Å²) in [5.41, 5.74) is 15.3. The van der Waals surface area contributed by atoms with Crippen molar-refractivity contribution in [2.45, 2.75) is 105 Å². The molecule has 3 aromatic heterocycles. The number of rotatable bonds is 2. The topological polar surface area (TPSA) is 25.6 Å². The van der Waals surface area contributed by atoms with Crippen LogP contribution in [0.5, 0.6) is 0 Å². The Labute approximate surface area is 326 Å². The largest absolute Gasteiger partial charge is 0.355 e. The number of aromatic amines is 1. The predicted molar refractivity (Wildman–Crippen MR) is 239 cm³/mol. The van der Waals surface area contributed by atoms with Gasteiger partial charge in [0, 0.05) is 54.7 Å². The quantitative estimate of drug-likeness (QED) is 0.184. The van der Waals surface area contributed by atoms with Gasteiger partial charge in [-0.3, -0.25) is 0 Å². The first-order valence-electron chi connectivity index (χ1n) is 20.0. The van der Waals surface area contributed by atoms with Crippen LogP contribution in [-0.2, 0) is 21.7 Å². The maximum atomic E-state index is 3.75. The molecule has 0 radical (unpaired) electrons. The van der Waals surface area contributed by atoms with Gasteiger partial charge in [0.2, 0.25) is 0 Å². The standard InChI is InChI=1S/C52H55N3/c1-49(2,3)31-13-21-45-39(25-31)40-26-32(50(4,5)6)14-22-46(40)54(45)35-17-19-43-37(29-35)38-30-36(18-20-44(38)53-43)55-47-23-15-33(51(7,8)9)27-41(47)42-28-34(52(10,11)12)16-24-48(42)55/h13-30,53H,1-12H3. The summed E-state index contributed by atoms with van der Waals surface area (Å²) in [5.74, 6) is 0. The lowest BCUT2D eigenvalue weighted by atomic mass is 9.85. The van der Waals surface area contributed by atoms with Crippen LogP contribution in [0.4, 0.5) is 0 Å². The van der Waals surface area contributed by atoms with Crippen LogP contribution in [0.25, 0.3) is 76.8 Å². The molecule has 0 aliphatic heterocycles. The molecule has 1 N–H and O–H groups in total. The van der Waals surface area contributed by atoms with Gasteiger partial charge in [0.1, 0.15) is 0 Å². The number of H-pyrrole nitrogens is 1. The van der Waals surface area contributed by atoms with E-state index in [9.17, 15) is 0 Å². The summed E-state index contributed by atoms with van der Waals surface area (Å²) in [6, 6.07) is 42.2. The maximum Gasteiger partial charge on any atom is 0.0541 e. The van der Waals surface area contributed by atoms with Crippen molar-refractivity contribution in [1.29, 1.82) is 0 Å². The molecule has 6 aromatic carbocycles.